The second-order valence-electron chi connectivity index (χ2n) is 8.40. The molecule has 0 spiro atoms. The molecule has 34 heavy (non-hydrogen) atoms. The highest BCUT2D eigenvalue weighted by atomic mass is 79.9. The first-order valence-corrected chi connectivity index (χ1v) is 11.7. The van der Waals surface area contributed by atoms with Crippen molar-refractivity contribution in [1.29, 1.82) is 0 Å². The van der Waals surface area contributed by atoms with Gasteiger partial charge in [-0.15, -0.1) is 0 Å². The highest BCUT2D eigenvalue weighted by Crippen LogP contribution is 2.31. The Hall–Kier alpha value is -3.19. The van der Waals surface area contributed by atoms with Crippen LogP contribution >= 0.6 is 15.9 Å². The molecule has 176 valence electrons. The summed E-state index contributed by atoms with van der Waals surface area (Å²) in [5.41, 5.74) is 10.1. The van der Waals surface area contributed by atoms with E-state index < -0.39 is 5.92 Å². The standard InChI is InChI=1S/C27H26BrF2N3O/c1-27(29,30)21-5-3-4-19(14-21)16-33-17-25(32-26(33)31)24(15-18-6-10-22(28)11-7-18)20-8-12-23(34-2)13-9-20/h3-14,17,24H,15-16H2,1-2H3,(H2,31,32). The number of nitrogens with zero attached hydrogens (tertiary/aromatic N) is 2. The van der Waals surface area contributed by atoms with Crippen LogP contribution < -0.4 is 10.5 Å². The number of rotatable bonds is 8. The van der Waals surface area contributed by atoms with Gasteiger partial charge in [-0.3, -0.25) is 0 Å². The Morgan fingerprint density at radius 2 is 1.74 bits per heavy atom. The van der Waals surface area contributed by atoms with Gasteiger partial charge in [-0.2, -0.15) is 0 Å². The maximum absolute atomic E-state index is 13.8. The molecule has 1 aromatic heterocycles. The molecule has 0 saturated heterocycles. The summed E-state index contributed by atoms with van der Waals surface area (Å²) in [4.78, 5) is 4.66. The summed E-state index contributed by atoms with van der Waals surface area (Å²) >= 11 is 3.49. The minimum Gasteiger partial charge on any atom is -0.497 e. The molecule has 0 saturated carbocycles. The number of nitrogens with two attached hydrogens (primary N) is 1. The Morgan fingerprint density at radius 1 is 1.03 bits per heavy atom. The molecule has 7 heteroatoms. The molecule has 0 aliphatic carbocycles. The third-order valence-corrected chi connectivity index (χ3v) is 6.37. The Bertz CT molecular complexity index is 1250. The zero-order valence-corrected chi connectivity index (χ0v) is 20.6. The summed E-state index contributed by atoms with van der Waals surface area (Å²) in [6.07, 6.45) is 2.65. The van der Waals surface area contributed by atoms with Crippen molar-refractivity contribution in [2.75, 3.05) is 12.8 Å². The maximum atomic E-state index is 13.8. The van der Waals surface area contributed by atoms with E-state index in [4.69, 9.17) is 10.5 Å². The second-order valence-corrected chi connectivity index (χ2v) is 9.31. The number of methoxy groups -OCH3 is 1. The van der Waals surface area contributed by atoms with Crippen LogP contribution in [-0.2, 0) is 18.9 Å². The number of halogens is 3. The van der Waals surface area contributed by atoms with Gasteiger partial charge in [0.05, 0.1) is 19.3 Å². The largest absolute Gasteiger partial charge is 0.497 e. The highest BCUT2D eigenvalue weighted by Gasteiger charge is 2.24. The lowest BCUT2D eigenvalue weighted by Gasteiger charge is -2.16. The van der Waals surface area contributed by atoms with E-state index in [0.29, 0.717) is 12.5 Å². The van der Waals surface area contributed by atoms with Crippen LogP contribution in [0, 0.1) is 0 Å². The van der Waals surface area contributed by atoms with Crippen LogP contribution in [0.2, 0.25) is 0 Å². The Morgan fingerprint density at radius 3 is 2.38 bits per heavy atom. The van der Waals surface area contributed by atoms with E-state index in [0.717, 1.165) is 46.0 Å². The van der Waals surface area contributed by atoms with Gasteiger partial charge in [0.2, 0.25) is 5.95 Å². The fourth-order valence-electron chi connectivity index (χ4n) is 3.97. The van der Waals surface area contributed by atoms with Crippen molar-refractivity contribution in [2.45, 2.75) is 31.7 Å². The molecular weight excluding hydrogens is 500 g/mol. The number of benzene rings is 3. The Labute approximate surface area is 206 Å². The zero-order valence-electron chi connectivity index (χ0n) is 19.0. The minimum absolute atomic E-state index is 0.0183. The van der Waals surface area contributed by atoms with Crippen LogP contribution in [0.4, 0.5) is 14.7 Å². The van der Waals surface area contributed by atoms with Crippen molar-refractivity contribution in [3.05, 3.63) is 111 Å². The molecule has 1 unspecified atom stereocenters. The molecule has 0 fully saturated rings. The molecular formula is C27H26BrF2N3O. The van der Waals surface area contributed by atoms with Crippen molar-refractivity contribution in [2.24, 2.45) is 0 Å². The van der Waals surface area contributed by atoms with E-state index >= 15 is 0 Å². The zero-order chi connectivity index (χ0) is 24.3. The van der Waals surface area contributed by atoms with Gasteiger partial charge in [0.25, 0.3) is 5.92 Å². The lowest BCUT2D eigenvalue weighted by molar-refractivity contribution is 0.0174. The highest BCUT2D eigenvalue weighted by molar-refractivity contribution is 9.10. The molecule has 1 heterocycles. The van der Waals surface area contributed by atoms with E-state index in [9.17, 15) is 8.78 Å². The van der Waals surface area contributed by atoms with Gasteiger partial charge in [-0.25, -0.2) is 13.8 Å². The number of alkyl halides is 2. The number of imidazole rings is 1. The third kappa shape index (κ3) is 5.65. The van der Waals surface area contributed by atoms with E-state index in [1.165, 1.54) is 12.1 Å². The summed E-state index contributed by atoms with van der Waals surface area (Å²) in [6.45, 7) is 1.26. The van der Waals surface area contributed by atoms with E-state index in [-0.39, 0.29) is 11.5 Å². The summed E-state index contributed by atoms with van der Waals surface area (Å²) in [5, 5.41) is 0. The van der Waals surface area contributed by atoms with Crippen LogP contribution in [0.3, 0.4) is 0 Å². The van der Waals surface area contributed by atoms with Gasteiger partial charge < -0.3 is 15.0 Å². The van der Waals surface area contributed by atoms with Gasteiger partial charge in [0.1, 0.15) is 5.75 Å². The molecule has 0 amide bonds. The molecule has 0 aliphatic heterocycles. The lowest BCUT2D eigenvalue weighted by Crippen LogP contribution is -2.09. The number of anilines is 1. The summed E-state index contributed by atoms with van der Waals surface area (Å²) in [6, 6.07) is 22.5. The quantitative estimate of drug-likeness (QED) is 0.276. The first kappa shape index (κ1) is 24.0. The molecule has 4 aromatic rings. The summed E-state index contributed by atoms with van der Waals surface area (Å²) in [5.74, 6) is -1.81. The fourth-order valence-corrected chi connectivity index (χ4v) is 4.24. The molecule has 4 rings (SSSR count). The third-order valence-electron chi connectivity index (χ3n) is 5.84. The van der Waals surface area contributed by atoms with Crippen LogP contribution in [0.25, 0.3) is 0 Å². The topological polar surface area (TPSA) is 53.1 Å². The number of nitrogen functional groups attached to an aromatic ring is 1. The SMILES string of the molecule is COc1ccc(C(Cc2ccc(Br)cc2)c2cn(Cc3cccc(C(C)(F)F)c3)c(N)n2)cc1. The van der Waals surface area contributed by atoms with Gasteiger partial charge >= 0.3 is 0 Å². The van der Waals surface area contributed by atoms with Crippen LogP contribution in [-0.4, -0.2) is 16.7 Å². The van der Waals surface area contributed by atoms with Crippen LogP contribution in [0.5, 0.6) is 5.75 Å². The average molecular weight is 526 g/mol. The smallest absolute Gasteiger partial charge is 0.270 e. The summed E-state index contributed by atoms with van der Waals surface area (Å²) in [7, 11) is 1.64. The molecule has 4 nitrogen and oxygen atoms in total. The van der Waals surface area contributed by atoms with Crippen molar-refractivity contribution in [1.82, 2.24) is 9.55 Å². The number of hydrogen-bond donors (Lipinski definition) is 1. The van der Waals surface area contributed by atoms with Crippen molar-refractivity contribution in [3.63, 3.8) is 0 Å². The Kier molecular flexibility index (Phi) is 7.03. The molecule has 1 atom stereocenters. The van der Waals surface area contributed by atoms with Gasteiger partial charge in [-0.05, 0) is 53.4 Å². The fraction of sp³-hybridized carbons (Fsp3) is 0.222. The molecule has 3 aromatic carbocycles. The second kappa shape index (κ2) is 9.97. The number of aromatic nitrogens is 2. The van der Waals surface area contributed by atoms with Gasteiger partial charge in [-0.1, -0.05) is 58.4 Å². The minimum atomic E-state index is -2.90. The van der Waals surface area contributed by atoms with E-state index in [2.05, 4.69) is 33.0 Å². The van der Waals surface area contributed by atoms with E-state index in [1.54, 1.807) is 17.7 Å². The number of ether oxygens (including phenoxy) is 1. The van der Waals surface area contributed by atoms with Gasteiger partial charge in [0, 0.05) is 29.1 Å². The average Bonchev–Trinajstić information content (AvgIpc) is 3.18. The van der Waals surface area contributed by atoms with Crippen molar-refractivity contribution >= 4 is 21.9 Å². The molecule has 0 bridgehead atoms. The van der Waals surface area contributed by atoms with E-state index in [1.807, 2.05) is 48.7 Å². The molecule has 0 radical (unpaired) electrons. The lowest BCUT2D eigenvalue weighted by atomic mass is 9.89. The maximum Gasteiger partial charge on any atom is 0.270 e. The monoisotopic (exact) mass is 525 g/mol. The number of hydrogen-bond acceptors (Lipinski definition) is 3. The van der Waals surface area contributed by atoms with Crippen LogP contribution in [0.15, 0.2) is 83.5 Å². The first-order valence-electron chi connectivity index (χ1n) is 10.9. The van der Waals surface area contributed by atoms with Crippen molar-refractivity contribution in [3.8, 4) is 5.75 Å². The normalized spacial score (nSPS) is 12.5. The molecule has 2 N–H and O–H groups in total. The first-order chi connectivity index (χ1) is 16.2. The predicted molar refractivity (Wildman–Crippen MR) is 134 cm³/mol. The predicted octanol–water partition coefficient (Wildman–Crippen LogP) is 6.77. The summed E-state index contributed by atoms with van der Waals surface area (Å²) < 4.78 is 35.7. The van der Waals surface area contributed by atoms with Crippen molar-refractivity contribution < 1.29 is 13.5 Å². The van der Waals surface area contributed by atoms with Gasteiger partial charge in [0.15, 0.2) is 0 Å². The Balaban J connectivity index is 1.66. The van der Waals surface area contributed by atoms with Crippen LogP contribution in [0.1, 0.15) is 40.8 Å². The molecule has 0 aliphatic rings.